The highest BCUT2D eigenvalue weighted by Gasteiger charge is 2.24. The number of aryl methyl sites for hydroxylation is 2. The van der Waals surface area contributed by atoms with Gasteiger partial charge in [-0.25, -0.2) is 0 Å². The predicted molar refractivity (Wildman–Crippen MR) is 128 cm³/mol. The van der Waals surface area contributed by atoms with Gasteiger partial charge in [0.1, 0.15) is 17.7 Å². The molecule has 1 fully saturated rings. The summed E-state index contributed by atoms with van der Waals surface area (Å²) in [6, 6.07) is 10.3. The molecule has 1 atom stereocenters. The third kappa shape index (κ3) is 4.68. The molecule has 3 aromatic rings. The summed E-state index contributed by atoms with van der Waals surface area (Å²) in [4.78, 5) is 12.9. The third-order valence-corrected chi connectivity index (χ3v) is 7.02. The number of ether oxygens (including phenoxy) is 1. The summed E-state index contributed by atoms with van der Waals surface area (Å²) >= 11 is 1.32. The first kappa shape index (κ1) is 23.1. The number of nitriles is 1. The number of nitrogens with zero attached hydrogens (tertiary/aromatic N) is 5. The van der Waals surface area contributed by atoms with Crippen LogP contribution in [0.3, 0.4) is 0 Å². The van der Waals surface area contributed by atoms with Crippen LogP contribution >= 0.6 is 11.8 Å². The van der Waals surface area contributed by atoms with Crippen molar-refractivity contribution in [2.45, 2.75) is 58.3 Å². The Morgan fingerprint density at radius 1 is 1.27 bits per heavy atom. The third-order valence-electron chi connectivity index (χ3n) is 6.09. The molecule has 0 radical (unpaired) electrons. The number of hydrogen-bond donors (Lipinski definition) is 1. The Morgan fingerprint density at radius 3 is 2.76 bits per heavy atom. The van der Waals surface area contributed by atoms with Crippen LogP contribution in [0.4, 0.5) is 5.82 Å². The summed E-state index contributed by atoms with van der Waals surface area (Å²) in [6.07, 6.45) is 2.12. The molecular formula is C24H28N6O2S. The number of benzene rings is 1. The summed E-state index contributed by atoms with van der Waals surface area (Å²) in [5, 5.41) is 21.9. The summed E-state index contributed by atoms with van der Waals surface area (Å²) in [5.74, 6) is 1.26. The van der Waals surface area contributed by atoms with Gasteiger partial charge in [0, 0.05) is 12.3 Å². The molecule has 1 saturated heterocycles. The van der Waals surface area contributed by atoms with Crippen LogP contribution in [0.1, 0.15) is 41.1 Å². The molecular weight excluding hydrogens is 436 g/mol. The highest BCUT2D eigenvalue weighted by Crippen LogP contribution is 2.29. The minimum Gasteiger partial charge on any atom is -0.376 e. The van der Waals surface area contributed by atoms with E-state index in [0.717, 1.165) is 47.8 Å². The average molecular weight is 465 g/mol. The Bertz CT molecular complexity index is 1220. The van der Waals surface area contributed by atoms with Crippen molar-refractivity contribution in [1.82, 2.24) is 19.3 Å². The number of rotatable bonds is 7. The maximum absolute atomic E-state index is 12.9. The van der Waals surface area contributed by atoms with E-state index in [1.807, 2.05) is 61.1 Å². The van der Waals surface area contributed by atoms with E-state index in [2.05, 4.69) is 21.6 Å². The van der Waals surface area contributed by atoms with E-state index in [9.17, 15) is 10.1 Å². The van der Waals surface area contributed by atoms with Crippen molar-refractivity contribution in [2.75, 3.05) is 17.7 Å². The standard InChI is InChI=1S/C24H28N6O2S/c1-15-8-5-6-10-21(15)30-18(4)27-28-24(30)33-14-22(31)26-23-20(12-25)16(2)17(3)29(23)13-19-9-7-11-32-19/h5-6,8,10,19H,7,9,11,13-14H2,1-4H3,(H,26,31). The topological polar surface area (TPSA) is 97.8 Å². The van der Waals surface area contributed by atoms with E-state index in [0.29, 0.717) is 23.1 Å². The van der Waals surface area contributed by atoms with Gasteiger partial charge in [-0.3, -0.25) is 9.36 Å². The van der Waals surface area contributed by atoms with Crippen LogP contribution in [0.2, 0.25) is 0 Å². The maximum atomic E-state index is 12.9. The first-order chi connectivity index (χ1) is 15.9. The Balaban J connectivity index is 1.52. The molecule has 1 N–H and O–H groups in total. The molecule has 2 aromatic heterocycles. The van der Waals surface area contributed by atoms with Crippen molar-refractivity contribution >= 4 is 23.5 Å². The zero-order valence-corrected chi connectivity index (χ0v) is 20.2. The van der Waals surface area contributed by atoms with E-state index >= 15 is 0 Å². The van der Waals surface area contributed by atoms with Gasteiger partial charge in [0.05, 0.1) is 29.7 Å². The maximum Gasteiger partial charge on any atom is 0.235 e. The zero-order chi connectivity index (χ0) is 23.5. The lowest BCUT2D eigenvalue weighted by atomic mass is 10.2. The molecule has 33 heavy (non-hydrogen) atoms. The summed E-state index contributed by atoms with van der Waals surface area (Å²) in [6.45, 7) is 9.20. The van der Waals surface area contributed by atoms with Crippen molar-refractivity contribution in [3.05, 3.63) is 52.5 Å². The molecule has 0 spiro atoms. The van der Waals surface area contributed by atoms with Gasteiger partial charge < -0.3 is 14.6 Å². The number of amides is 1. The number of thioether (sulfide) groups is 1. The van der Waals surface area contributed by atoms with Gasteiger partial charge in [0.15, 0.2) is 5.16 Å². The normalized spacial score (nSPS) is 15.5. The molecule has 0 saturated carbocycles. The van der Waals surface area contributed by atoms with Gasteiger partial charge in [-0.2, -0.15) is 5.26 Å². The molecule has 1 unspecified atom stereocenters. The number of hydrogen-bond acceptors (Lipinski definition) is 6. The van der Waals surface area contributed by atoms with Crippen LogP contribution in [-0.2, 0) is 16.1 Å². The molecule has 1 amide bonds. The van der Waals surface area contributed by atoms with Crippen molar-refractivity contribution in [3.8, 4) is 11.8 Å². The average Bonchev–Trinajstić information content (AvgIpc) is 3.49. The molecule has 172 valence electrons. The minimum atomic E-state index is -0.195. The van der Waals surface area contributed by atoms with Crippen LogP contribution < -0.4 is 5.32 Å². The van der Waals surface area contributed by atoms with Crippen LogP contribution in [0, 0.1) is 39.0 Å². The summed E-state index contributed by atoms with van der Waals surface area (Å²) in [7, 11) is 0. The number of nitrogens with one attached hydrogen (secondary N) is 1. The van der Waals surface area contributed by atoms with Crippen LogP contribution in [0.25, 0.3) is 5.69 Å². The number of aromatic nitrogens is 4. The van der Waals surface area contributed by atoms with Crippen LogP contribution in [0.5, 0.6) is 0 Å². The SMILES string of the molecule is Cc1ccccc1-n1c(C)nnc1SCC(=O)Nc1c(C#N)c(C)c(C)n1CC1CCCO1. The fraction of sp³-hybridized carbons (Fsp3) is 0.417. The summed E-state index contributed by atoms with van der Waals surface area (Å²) < 4.78 is 9.76. The van der Waals surface area contributed by atoms with E-state index in [1.54, 1.807) is 0 Å². The van der Waals surface area contributed by atoms with Gasteiger partial charge in [0.25, 0.3) is 0 Å². The number of anilines is 1. The highest BCUT2D eigenvalue weighted by atomic mass is 32.2. The molecule has 1 aromatic carbocycles. The Kier molecular flexibility index (Phi) is 6.86. The second-order valence-corrected chi connectivity index (χ2v) is 9.22. The lowest BCUT2D eigenvalue weighted by Crippen LogP contribution is -2.22. The van der Waals surface area contributed by atoms with Gasteiger partial charge in [-0.05, 0) is 57.7 Å². The lowest BCUT2D eigenvalue weighted by Gasteiger charge is -2.17. The molecule has 0 bridgehead atoms. The first-order valence-corrected chi connectivity index (χ1v) is 12.0. The van der Waals surface area contributed by atoms with Crippen molar-refractivity contribution < 1.29 is 9.53 Å². The molecule has 0 aliphatic carbocycles. The van der Waals surface area contributed by atoms with E-state index in [4.69, 9.17) is 4.74 Å². The van der Waals surface area contributed by atoms with Crippen molar-refractivity contribution in [1.29, 1.82) is 5.26 Å². The van der Waals surface area contributed by atoms with E-state index in [1.165, 1.54) is 11.8 Å². The van der Waals surface area contributed by atoms with Crippen LogP contribution in [0.15, 0.2) is 29.4 Å². The Labute approximate surface area is 198 Å². The Hall–Kier alpha value is -3.09. The van der Waals surface area contributed by atoms with Crippen LogP contribution in [-0.4, -0.2) is 43.7 Å². The molecule has 1 aliphatic heterocycles. The molecule has 4 rings (SSSR count). The van der Waals surface area contributed by atoms with Gasteiger partial charge in [-0.15, -0.1) is 10.2 Å². The summed E-state index contributed by atoms with van der Waals surface area (Å²) in [5.41, 5.74) is 4.45. The van der Waals surface area contributed by atoms with Gasteiger partial charge in [-0.1, -0.05) is 30.0 Å². The van der Waals surface area contributed by atoms with E-state index in [-0.39, 0.29) is 17.8 Å². The quantitative estimate of drug-likeness (QED) is 0.529. The number of carbonyl (C=O) groups is 1. The fourth-order valence-corrected chi connectivity index (χ4v) is 4.97. The highest BCUT2D eigenvalue weighted by molar-refractivity contribution is 7.99. The second kappa shape index (κ2) is 9.81. The minimum absolute atomic E-state index is 0.0997. The second-order valence-electron chi connectivity index (χ2n) is 8.28. The molecule has 1 aliphatic rings. The van der Waals surface area contributed by atoms with Crippen molar-refractivity contribution in [2.24, 2.45) is 0 Å². The van der Waals surface area contributed by atoms with Crippen molar-refractivity contribution in [3.63, 3.8) is 0 Å². The molecule has 8 nitrogen and oxygen atoms in total. The monoisotopic (exact) mass is 464 g/mol. The van der Waals surface area contributed by atoms with E-state index < -0.39 is 0 Å². The zero-order valence-electron chi connectivity index (χ0n) is 19.4. The number of carbonyl (C=O) groups excluding carboxylic acids is 1. The first-order valence-electron chi connectivity index (χ1n) is 11.0. The lowest BCUT2D eigenvalue weighted by molar-refractivity contribution is -0.113. The molecule has 9 heteroatoms. The smallest absolute Gasteiger partial charge is 0.235 e. The fourth-order valence-electron chi connectivity index (χ4n) is 4.18. The number of para-hydroxylation sites is 1. The van der Waals surface area contributed by atoms with Gasteiger partial charge in [0.2, 0.25) is 5.91 Å². The predicted octanol–water partition coefficient (Wildman–Crippen LogP) is 4.08. The van der Waals surface area contributed by atoms with Gasteiger partial charge >= 0.3 is 0 Å². The Morgan fingerprint density at radius 2 is 2.06 bits per heavy atom. The molecule has 3 heterocycles. The largest absolute Gasteiger partial charge is 0.376 e.